The SMILES string of the molecule is CC(C)(C)c1ccc(CN(C(=O)O)c2cccc(F)c2CC2C3CCC2CN(Cc2ccccc2)C3)cc1. The minimum absolute atomic E-state index is 0.0246. The topological polar surface area (TPSA) is 43.8 Å². The monoisotopic (exact) mass is 514 g/mol. The first kappa shape index (κ1) is 26.4. The summed E-state index contributed by atoms with van der Waals surface area (Å²) in [5, 5.41) is 10.2. The average molecular weight is 515 g/mol. The second kappa shape index (κ2) is 10.9. The molecule has 2 unspecified atom stereocenters. The highest BCUT2D eigenvalue weighted by atomic mass is 19.1. The van der Waals surface area contributed by atoms with Gasteiger partial charge in [-0.05, 0) is 71.3 Å². The summed E-state index contributed by atoms with van der Waals surface area (Å²) in [5.41, 5.74) is 4.46. The van der Waals surface area contributed by atoms with E-state index in [2.05, 4.69) is 62.1 Å². The Bertz CT molecular complexity index is 1240. The molecule has 2 atom stereocenters. The molecule has 2 fully saturated rings. The van der Waals surface area contributed by atoms with E-state index in [1.165, 1.54) is 22.1 Å². The second-order valence-corrected chi connectivity index (χ2v) is 12.2. The molecule has 3 aromatic rings. The third-order valence-corrected chi connectivity index (χ3v) is 8.57. The van der Waals surface area contributed by atoms with E-state index in [1.54, 1.807) is 12.1 Å². The van der Waals surface area contributed by atoms with Gasteiger partial charge in [0.05, 0.1) is 12.2 Å². The van der Waals surface area contributed by atoms with Gasteiger partial charge >= 0.3 is 6.09 Å². The van der Waals surface area contributed by atoms with Crippen LogP contribution in [0.1, 0.15) is 55.9 Å². The van der Waals surface area contributed by atoms with Crippen LogP contribution >= 0.6 is 0 Å². The largest absolute Gasteiger partial charge is 0.465 e. The molecule has 38 heavy (non-hydrogen) atoms. The molecule has 1 N–H and O–H groups in total. The summed E-state index contributed by atoms with van der Waals surface area (Å²) < 4.78 is 15.4. The van der Waals surface area contributed by atoms with E-state index in [0.717, 1.165) is 38.0 Å². The van der Waals surface area contributed by atoms with Gasteiger partial charge in [0.15, 0.2) is 0 Å². The number of fused-ring (bicyclic) bond motifs is 2. The molecular formula is C33H39FN2O2. The Balaban J connectivity index is 1.34. The molecule has 1 aliphatic heterocycles. The van der Waals surface area contributed by atoms with Gasteiger partial charge in [0.2, 0.25) is 0 Å². The Morgan fingerprint density at radius 3 is 2.18 bits per heavy atom. The molecule has 1 saturated heterocycles. The van der Waals surface area contributed by atoms with Crippen molar-refractivity contribution < 1.29 is 14.3 Å². The highest BCUT2D eigenvalue weighted by Crippen LogP contribution is 2.45. The van der Waals surface area contributed by atoms with Crippen LogP contribution in [0.15, 0.2) is 72.8 Å². The number of hydrogen-bond acceptors (Lipinski definition) is 2. The quantitative estimate of drug-likeness (QED) is 0.355. The number of anilines is 1. The maximum atomic E-state index is 15.4. The smallest absolute Gasteiger partial charge is 0.412 e. The summed E-state index contributed by atoms with van der Waals surface area (Å²) in [7, 11) is 0. The van der Waals surface area contributed by atoms with Crippen LogP contribution in [0, 0.1) is 23.6 Å². The van der Waals surface area contributed by atoms with E-state index in [-0.39, 0.29) is 17.8 Å². The molecule has 0 aromatic heterocycles. The molecule has 1 amide bonds. The van der Waals surface area contributed by atoms with Crippen molar-refractivity contribution in [3.63, 3.8) is 0 Å². The Labute approximate surface area is 226 Å². The van der Waals surface area contributed by atoms with Crippen LogP contribution in [0.25, 0.3) is 0 Å². The van der Waals surface area contributed by atoms with Gasteiger partial charge in [0.25, 0.3) is 0 Å². The zero-order chi connectivity index (χ0) is 26.9. The van der Waals surface area contributed by atoms with Gasteiger partial charge < -0.3 is 5.11 Å². The van der Waals surface area contributed by atoms with Crippen molar-refractivity contribution in [1.29, 1.82) is 0 Å². The lowest BCUT2D eigenvalue weighted by atomic mass is 9.80. The second-order valence-electron chi connectivity index (χ2n) is 12.2. The molecule has 1 saturated carbocycles. The van der Waals surface area contributed by atoms with Crippen LogP contribution in [0.4, 0.5) is 14.9 Å². The van der Waals surface area contributed by atoms with E-state index < -0.39 is 6.09 Å². The van der Waals surface area contributed by atoms with Crippen LogP contribution in [0.3, 0.4) is 0 Å². The summed E-state index contributed by atoms with van der Waals surface area (Å²) in [6.07, 6.45) is 1.85. The lowest BCUT2D eigenvalue weighted by Gasteiger charge is -2.38. The van der Waals surface area contributed by atoms with Gasteiger partial charge in [0, 0.05) is 25.2 Å². The van der Waals surface area contributed by atoms with E-state index in [1.807, 2.05) is 18.2 Å². The zero-order valence-corrected chi connectivity index (χ0v) is 22.7. The van der Waals surface area contributed by atoms with Crippen LogP contribution in [0.5, 0.6) is 0 Å². The number of piperidine rings is 1. The summed E-state index contributed by atoms with van der Waals surface area (Å²) >= 11 is 0. The highest BCUT2D eigenvalue weighted by molar-refractivity contribution is 5.87. The fraction of sp³-hybridized carbons (Fsp3) is 0.424. The van der Waals surface area contributed by atoms with Crippen molar-refractivity contribution in [2.45, 2.75) is 58.5 Å². The van der Waals surface area contributed by atoms with Crippen molar-refractivity contribution in [2.75, 3.05) is 18.0 Å². The fourth-order valence-electron chi connectivity index (χ4n) is 6.52. The van der Waals surface area contributed by atoms with Gasteiger partial charge in [-0.2, -0.15) is 0 Å². The lowest BCUT2D eigenvalue weighted by Crippen LogP contribution is -2.42. The van der Waals surface area contributed by atoms with E-state index in [4.69, 9.17) is 0 Å². The zero-order valence-electron chi connectivity index (χ0n) is 22.7. The molecule has 5 rings (SSSR count). The molecule has 200 valence electrons. The minimum Gasteiger partial charge on any atom is -0.465 e. The van der Waals surface area contributed by atoms with E-state index in [0.29, 0.717) is 35.4 Å². The van der Waals surface area contributed by atoms with E-state index >= 15 is 4.39 Å². The molecule has 1 aliphatic carbocycles. The van der Waals surface area contributed by atoms with Crippen molar-refractivity contribution in [3.8, 4) is 0 Å². The molecule has 0 radical (unpaired) electrons. The number of halogens is 1. The number of amides is 1. The third kappa shape index (κ3) is 5.78. The first-order valence-corrected chi connectivity index (χ1v) is 13.8. The van der Waals surface area contributed by atoms with Crippen molar-refractivity contribution in [2.24, 2.45) is 17.8 Å². The molecule has 0 spiro atoms. The highest BCUT2D eigenvalue weighted by Gasteiger charge is 2.42. The first-order valence-electron chi connectivity index (χ1n) is 13.8. The van der Waals surface area contributed by atoms with Crippen LogP contribution in [-0.2, 0) is 24.9 Å². The fourth-order valence-corrected chi connectivity index (χ4v) is 6.52. The number of carbonyl (C=O) groups is 1. The summed E-state index contributed by atoms with van der Waals surface area (Å²) in [5.74, 6) is 1.09. The average Bonchev–Trinajstić information content (AvgIpc) is 3.11. The van der Waals surface area contributed by atoms with Crippen molar-refractivity contribution >= 4 is 11.8 Å². The normalized spacial score (nSPS) is 21.4. The maximum Gasteiger partial charge on any atom is 0.412 e. The van der Waals surface area contributed by atoms with Gasteiger partial charge in [-0.15, -0.1) is 0 Å². The number of likely N-dealkylation sites (tertiary alicyclic amines) is 1. The molecule has 1 heterocycles. The number of carboxylic acid groups (broad SMARTS) is 1. The number of hydrogen-bond donors (Lipinski definition) is 1. The molecule has 2 bridgehead atoms. The van der Waals surface area contributed by atoms with Crippen LogP contribution < -0.4 is 4.90 Å². The standard InChI is InChI=1S/C33H39FN2O2/c1-33(2,3)27-16-12-24(13-17-27)20-36(32(37)38)31-11-7-10-30(34)29(31)18-28-25-14-15-26(28)22-35(21-25)19-23-8-5-4-6-9-23/h4-13,16-17,25-26,28H,14-15,18-22H2,1-3H3,(H,37,38). The number of nitrogens with zero attached hydrogens (tertiary/aromatic N) is 2. The van der Waals surface area contributed by atoms with Gasteiger partial charge in [0.1, 0.15) is 5.82 Å². The van der Waals surface area contributed by atoms with E-state index in [9.17, 15) is 9.90 Å². The Hall–Kier alpha value is -3.18. The third-order valence-electron chi connectivity index (χ3n) is 8.57. The van der Waals surface area contributed by atoms with Gasteiger partial charge in [-0.25, -0.2) is 9.18 Å². The molecule has 3 aromatic carbocycles. The lowest BCUT2D eigenvalue weighted by molar-refractivity contribution is 0.103. The molecule has 4 nitrogen and oxygen atoms in total. The molecular weight excluding hydrogens is 475 g/mol. The summed E-state index contributed by atoms with van der Waals surface area (Å²) in [6, 6.07) is 23.5. The summed E-state index contributed by atoms with van der Waals surface area (Å²) in [4.78, 5) is 16.3. The predicted octanol–water partition coefficient (Wildman–Crippen LogP) is 7.51. The Morgan fingerprint density at radius 2 is 1.58 bits per heavy atom. The summed E-state index contributed by atoms with van der Waals surface area (Å²) in [6.45, 7) is 9.65. The Morgan fingerprint density at radius 1 is 0.921 bits per heavy atom. The number of benzene rings is 3. The predicted molar refractivity (Wildman–Crippen MR) is 151 cm³/mol. The number of rotatable bonds is 7. The Kier molecular flexibility index (Phi) is 7.58. The molecule has 5 heteroatoms. The van der Waals surface area contributed by atoms with Crippen molar-refractivity contribution in [1.82, 2.24) is 4.90 Å². The van der Waals surface area contributed by atoms with Gasteiger partial charge in [-0.1, -0.05) is 81.4 Å². The first-order chi connectivity index (χ1) is 18.2. The maximum absolute atomic E-state index is 15.4. The minimum atomic E-state index is -1.06. The van der Waals surface area contributed by atoms with Crippen molar-refractivity contribution in [3.05, 3.63) is 101 Å². The van der Waals surface area contributed by atoms with Crippen LogP contribution in [-0.4, -0.2) is 29.2 Å². The van der Waals surface area contributed by atoms with Gasteiger partial charge in [-0.3, -0.25) is 9.80 Å². The molecule has 2 aliphatic rings. The van der Waals surface area contributed by atoms with Crippen LogP contribution in [0.2, 0.25) is 0 Å².